The maximum absolute atomic E-state index is 12.6. The molecule has 1 aliphatic rings. The van der Waals surface area contributed by atoms with Gasteiger partial charge in [-0.1, -0.05) is 12.1 Å². The molecular weight excluding hydrogens is 445 g/mol. The number of benzene rings is 1. The topological polar surface area (TPSA) is 84.7 Å². The number of ketones is 1. The number of hydrogen-bond donors (Lipinski definition) is 2. The molecule has 1 saturated carbocycles. The second-order valence-electron chi connectivity index (χ2n) is 8.84. The van der Waals surface area contributed by atoms with Crippen molar-refractivity contribution in [1.29, 1.82) is 0 Å². The molecule has 180 valence electrons. The van der Waals surface area contributed by atoms with Crippen molar-refractivity contribution in [1.82, 2.24) is 19.7 Å². The SMILES string of the molecule is Cc1cccc(Nc2ncc(-c3cnn(C)c3)c(NC3CCC(CC(=O)C(F)(F)F)CC3)n2)c1. The first-order chi connectivity index (χ1) is 16.2. The Morgan fingerprint density at radius 3 is 2.59 bits per heavy atom. The Morgan fingerprint density at radius 1 is 1.18 bits per heavy atom. The van der Waals surface area contributed by atoms with Gasteiger partial charge in [-0.2, -0.15) is 23.3 Å². The molecule has 0 aliphatic heterocycles. The quantitative estimate of drug-likeness (QED) is 0.478. The highest BCUT2D eigenvalue weighted by atomic mass is 19.4. The van der Waals surface area contributed by atoms with E-state index in [-0.39, 0.29) is 12.0 Å². The largest absolute Gasteiger partial charge is 0.449 e. The lowest BCUT2D eigenvalue weighted by atomic mass is 9.83. The van der Waals surface area contributed by atoms with Crippen molar-refractivity contribution in [3.63, 3.8) is 0 Å². The predicted molar refractivity (Wildman–Crippen MR) is 124 cm³/mol. The Morgan fingerprint density at radius 2 is 1.94 bits per heavy atom. The normalized spacial score (nSPS) is 18.5. The summed E-state index contributed by atoms with van der Waals surface area (Å²) in [6.45, 7) is 2.00. The van der Waals surface area contributed by atoms with Gasteiger partial charge >= 0.3 is 6.18 Å². The van der Waals surface area contributed by atoms with Gasteiger partial charge in [0.25, 0.3) is 0 Å². The number of halogens is 3. The van der Waals surface area contributed by atoms with Crippen molar-refractivity contribution in [3.05, 3.63) is 48.4 Å². The lowest BCUT2D eigenvalue weighted by molar-refractivity contribution is -0.172. The summed E-state index contributed by atoms with van der Waals surface area (Å²) in [4.78, 5) is 20.5. The number of aryl methyl sites for hydroxylation is 2. The van der Waals surface area contributed by atoms with E-state index >= 15 is 0 Å². The predicted octanol–water partition coefficient (Wildman–Crippen LogP) is 5.42. The second kappa shape index (κ2) is 9.82. The van der Waals surface area contributed by atoms with Crippen LogP contribution in [0.15, 0.2) is 42.9 Å². The standard InChI is InChI=1S/C24H27F3N6O/c1-15-4-3-5-19(10-15)31-23-28-13-20(17-12-29-33(2)14-17)22(32-23)30-18-8-6-16(7-9-18)11-21(34)24(25,26)27/h3-5,10,12-14,16,18H,6-9,11H2,1-2H3,(H2,28,30,31,32). The van der Waals surface area contributed by atoms with E-state index < -0.39 is 18.4 Å². The third-order valence-electron chi connectivity index (χ3n) is 6.06. The van der Waals surface area contributed by atoms with Gasteiger partial charge in [0.1, 0.15) is 5.82 Å². The number of aromatic nitrogens is 4. The number of rotatable bonds is 7. The molecule has 0 spiro atoms. The highest BCUT2D eigenvalue weighted by molar-refractivity contribution is 5.84. The van der Waals surface area contributed by atoms with Crippen LogP contribution in [0.3, 0.4) is 0 Å². The lowest BCUT2D eigenvalue weighted by Crippen LogP contribution is -2.30. The van der Waals surface area contributed by atoms with Gasteiger partial charge in [0.05, 0.1) is 6.20 Å². The van der Waals surface area contributed by atoms with E-state index in [1.807, 2.05) is 44.4 Å². The van der Waals surface area contributed by atoms with Crippen molar-refractivity contribution in [2.75, 3.05) is 10.6 Å². The first kappa shape index (κ1) is 23.7. The summed E-state index contributed by atoms with van der Waals surface area (Å²) < 4.78 is 39.5. The maximum Gasteiger partial charge on any atom is 0.449 e. The Bertz CT molecular complexity index is 1150. The molecule has 0 amide bonds. The van der Waals surface area contributed by atoms with Gasteiger partial charge in [0.2, 0.25) is 11.7 Å². The monoisotopic (exact) mass is 472 g/mol. The van der Waals surface area contributed by atoms with Crippen LogP contribution in [-0.4, -0.2) is 37.7 Å². The zero-order chi connectivity index (χ0) is 24.3. The molecule has 3 aromatic rings. The van der Waals surface area contributed by atoms with E-state index in [4.69, 9.17) is 4.98 Å². The molecule has 0 saturated heterocycles. The molecule has 1 aromatic carbocycles. The van der Waals surface area contributed by atoms with Crippen LogP contribution in [0.25, 0.3) is 11.1 Å². The van der Waals surface area contributed by atoms with Crippen LogP contribution in [0.5, 0.6) is 0 Å². The molecule has 0 radical (unpaired) electrons. The second-order valence-corrected chi connectivity index (χ2v) is 8.84. The van der Waals surface area contributed by atoms with E-state index in [1.165, 1.54) is 0 Å². The molecule has 2 N–H and O–H groups in total. The lowest BCUT2D eigenvalue weighted by Gasteiger charge is -2.29. The number of alkyl halides is 3. The van der Waals surface area contributed by atoms with E-state index in [0.29, 0.717) is 37.4 Å². The number of carbonyl (C=O) groups excluding carboxylic acids is 1. The fourth-order valence-electron chi connectivity index (χ4n) is 4.26. The molecule has 7 nitrogen and oxygen atoms in total. The third-order valence-corrected chi connectivity index (χ3v) is 6.06. The summed E-state index contributed by atoms with van der Waals surface area (Å²) in [5.41, 5.74) is 3.62. The smallest absolute Gasteiger partial charge is 0.367 e. The average molecular weight is 473 g/mol. The molecule has 34 heavy (non-hydrogen) atoms. The molecule has 0 bridgehead atoms. The van der Waals surface area contributed by atoms with Crippen LogP contribution < -0.4 is 10.6 Å². The molecule has 4 rings (SSSR count). The van der Waals surface area contributed by atoms with Gasteiger partial charge in [-0.25, -0.2) is 4.98 Å². The minimum Gasteiger partial charge on any atom is -0.367 e. The van der Waals surface area contributed by atoms with Gasteiger partial charge in [0, 0.05) is 48.7 Å². The zero-order valence-electron chi connectivity index (χ0n) is 19.1. The highest BCUT2D eigenvalue weighted by Gasteiger charge is 2.39. The number of anilines is 3. The summed E-state index contributed by atoms with van der Waals surface area (Å²) in [5.74, 6) is -0.808. The molecule has 0 unspecified atom stereocenters. The van der Waals surface area contributed by atoms with Gasteiger partial charge < -0.3 is 10.6 Å². The van der Waals surface area contributed by atoms with Crippen LogP contribution in [0.1, 0.15) is 37.7 Å². The fraction of sp³-hybridized carbons (Fsp3) is 0.417. The van der Waals surface area contributed by atoms with Crippen LogP contribution >= 0.6 is 0 Å². The number of hydrogen-bond acceptors (Lipinski definition) is 6. The minimum atomic E-state index is -4.75. The van der Waals surface area contributed by atoms with E-state index in [0.717, 1.165) is 22.4 Å². The van der Waals surface area contributed by atoms with Crippen LogP contribution in [0, 0.1) is 12.8 Å². The number of nitrogens with one attached hydrogen (secondary N) is 2. The van der Waals surface area contributed by atoms with E-state index in [2.05, 4.69) is 20.7 Å². The van der Waals surface area contributed by atoms with E-state index in [1.54, 1.807) is 17.1 Å². The van der Waals surface area contributed by atoms with Gasteiger partial charge in [-0.15, -0.1) is 0 Å². The van der Waals surface area contributed by atoms with Crippen molar-refractivity contribution >= 4 is 23.2 Å². The van der Waals surface area contributed by atoms with Crippen LogP contribution in [0.2, 0.25) is 0 Å². The Labute approximate surface area is 195 Å². The average Bonchev–Trinajstić information content (AvgIpc) is 3.21. The Kier molecular flexibility index (Phi) is 6.85. The summed E-state index contributed by atoms with van der Waals surface area (Å²) in [7, 11) is 1.83. The first-order valence-electron chi connectivity index (χ1n) is 11.2. The molecule has 1 aliphatic carbocycles. The number of carbonyl (C=O) groups is 1. The Hall–Kier alpha value is -3.43. The van der Waals surface area contributed by atoms with Crippen LogP contribution in [0.4, 0.5) is 30.6 Å². The van der Waals surface area contributed by atoms with Crippen LogP contribution in [-0.2, 0) is 11.8 Å². The molecule has 0 atom stereocenters. The summed E-state index contributed by atoms with van der Waals surface area (Å²) >= 11 is 0. The van der Waals surface area contributed by atoms with Crippen molar-refractivity contribution < 1.29 is 18.0 Å². The minimum absolute atomic E-state index is 0.0365. The summed E-state index contributed by atoms with van der Waals surface area (Å²) in [6, 6.07) is 7.91. The maximum atomic E-state index is 12.6. The fourth-order valence-corrected chi connectivity index (χ4v) is 4.26. The van der Waals surface area contributed by atoms with Gasteiger partial charge in [-0.3, -0.25) is 9.48 Å². The highest BCUT2D eigenvalue weighted by Crippen LogP contribution is 2.34. The molecule has 1 fully saturated rings. The Balaban J connectivity index is 1.49. The van der Waals surface area contributed by atoms with Crippen molar-refractivity contribution in [2.45, 2.75) is 51.2 Å². The van der Waals surface area contributed by atoms with Crippen molar-refractivity contribution in [2.24, 2.45) is 13.0 Å². The van der Waals surface area contributed by atoms with E-state index in [9.17, 15) is 18.0 Å². The summed E-state index contributed by atoms with van der Waals surface area (Å²) in [5, 5.41) is 10.9. The number of Topliss-reactive ketones (excluding diaryl/α,β-unsaturated/α-hetero) is 1. The van der Waals surface area contributed by atoms with Crippen molar-refractivity contribution in [3.8, 4) is 11.1 Å². The zero-order valence-corrected chi connectivity index (χ0v) is 19.1. The molecule has 10 heteroatoms. The molecule has 2 aromatic heterocycles. The van der Waals surface area contributed by atoms with Gasteiger partial charge in [0.15, 0.2) is 0 Å². The first-order valence-corrected chi connectivity index (χ1v) is 11.2. The molecular formula is C24H27F3N6O. The molecule has 2 heterocycles. The number of nitrogens with zero attached hydrogens (tertiary/aromatic N) is 4. The van der Waals surface area contributed by atoms with Gasteiger partial charge in [-0.05, 0) is 56.2 Å². The summed E-state index contributed by atoms with van der Waals surface area (Å²) in [6.07, 6.45) is 2.58. The third kappa shape index (κ3) is 5.92.